The number of hydrogen-bond acceptors (Lipinski definition) is 6. The summed E-state index contributed by atoms with van der Waals surface area (Å²) in [7, 11) is 1.30. The molecule has 3 aliphatic carbocycles. The molecule has 0 amide bonds. The molecule has 1 aliphatic heterocycles. The van der Waals surface area contributed by atoms with Crippen molar-refractivity contribution in [3.8, 4) is 0 Å². The SMILES string of the molecule is COC(=O)[C@H](O)C[C@]1(C)C2=CC[C@]3(C)[C@@H]([C@H](C)[C@H]4CC=C(C)C(=O)O4)CC[C@@]3(C)[C@@H]2CC[C@H]1C(C)(C)O. The van der Waals surface area contributed by atoms with E-state index >= 15 is 0 Å². The number of carbonyl (C=O) groups excluding carboxylic acids is 2. The summed E-state index contributed by atoms with van der Waals surface area (Å²) >= 11 is 0. The summed E-state index contributed by atoms with van der Waals surface area (Å²) in [5, 5.41) is 22.0. The molecule has 2 saturated carbocycles. The number of aliphatic hydroxyl groups excluding tert-OH is 1. The van der Waals surface area contributed by atoms with Gasteiger partial charge < -0.3 is 19.7 Å². The van der Waals surface area contributed by atoms with E-state index in [9.17, 15) is 19.8 Å². The van der Waals surface area contributed by atoms with Crippen LogP contribution in [0.1, 0.15) is 93.4 Å². The highest BCUT2D eigenvalue weighted by molar-refractivity contribution is 5.88. The van der Waals surface area contributed by atoms with Gasteiger partial charge in [-0.15, -0.1) is 0 Å². The van der Waals surface area contributed by atoms with Crippen LogP contribution in [0.3, 0.4) is 0 Å². The Hall–Kier alpha value is -1.66. The van der Waals surface area contributed by atoms with Crippen LogP contribution in [-0.2, 0) is 19.1 Å². The van der Waals surface area contributed by atoms with Crippen molar-refractivity contribution in [2.75, 3.05) is 7.11 Å². The first kappa shape index (κ1) is 28.4. The van der Waals surface area contributed by atoms with Gasteiger partial charge in [-0.2, -0.15) is 0 Å². The van der Waals surface area contributed by atoms with Crippen LogP contribution in [0.2, 0.25) is 0 Å². The summed E-state index contributed by atoms with van der Waals surface area (Å²) in [6, 6.07) is 0. The number of methoxy groups -OCH3 is 1. The lowest BCUT2D eigenvalue weighted by molar-refractivity contribution is -0.155. The first-order valence-electron chi connectivity index (χ1n) is 14.2. The number of rotatable bonds is 6. The lowest BCUT2D eigenvalue weighted by Crippen LogP contribution is -2.56. The Bertz CT molecular complexity index is 990. The van der Waals surface area contributed by atoms with Crippen LogP contribution < -0.4 is 0 Å². The van der Waals surface area contributed by atoms with Crippen molar-refractivity contribution in [1.82, 2.24) is 0 Å². The number of allylic oxidation sites excluding steroid dienone is 2. The third kappa shape index (κ3) is 4.40. The maximum Gasteiger partial charge on any atom is 0.334 e. The monoisotopic (exact) mass is 516 g/mol. The largest absolute Gasteiger partial charge is 0.467 e. The standard InChI is InChI=1S/C31H48O6/c1-18-9-11-24(37-26(18)33)19(2)20-13-15-31(7)22-10-12-25(28(3,4)35)29(5,17-23(32)27(34)36-8)21(22)14-16-30(20,31)6/h9,14,19-20,22-25,32,35H,10-13,15-17H2,1-8H3/t19-,20+,22+,23+,24+,25-,29+,30+,31-/m0/s1. The number of carbonyl (C=O) groups is 2. The second-order valence-electron chi connectivity index (χ2n) is 13.8. The van der Waals surface area contributed by atoms with Gasteiger partial charge in [-0.3, -0.25) is 0 Å². The minimum absolute atomic E-state index is 0.0441. The number of aliphatic hydroxyl groups is 2. The Morgan fingerprint density at radius 1 is 1.19 bits per heavy atom. The van der Waals surface area contributed by atoms with E-state index in [1.54, 1.807) is 0 Å². The Balaban J connectivity index is 1.70. The minimum atomic E-state index is -1.23. The fraction of sp³-hybridized carbons (Fsp3) is 0.806. The number of esters is 2. The fourth-order valence-electron chi connectivity index (χ4n) is 9.30. The second-order valence-corrected chi connectivity index (χ2v) is 13.8. The number of fused-ring (bicyclic) bond motifs is 3. The molecule has 4 aliphatic rings. The summed E-state index contributed by atoms with van der Waals surface area (Å²) in [6.07, 6.45) is 9.04. The van der Waals surface area contributed by atoms with Crippen LogP contribution in [0.5, 0.6) is 0 Å². The normalized spacial score (nSPS) is 41.5. The van der Waals surface area contributed by atoms with Gasteiger partial charge in [0.05, 0.1) is 12.7 Å². The molecule has 0 aromatic carbocycles. The van der Waals surface area contributed by atoms with E-state index in [1.165, 1.54) is 12.7 Å². The van der Waals surface area contributed by atoms with Crippen molar-refractivity contribution in [2.45, 2.75) is 111 Å². The smallest absolute Gasteiger partial charge is 0.334 e. The molecule has 0 saturated heterocycles. The lowest BCUT2D eigenvalue weighted by atomic mass is 9.43. The maximum atomic E-state index is 12.3. The average molecular weight is 517 g/mol. The highest BCUT2D eigenvalue weighted by Crippen LogP contribution is 2.71. The minimum Gasteiger partial charge on any atom is -0.467 e. The molecule has 2 fully saturated rings. The predicted octanol–water partition coefficient (Wildman–Crippen LogP) is 5.36. The highest BCUT2D eigenvalue weighted by atomic mass is 16.5. The zero-order valence-corrected chi connectivity index (χ0v) is 24.1. The van der Waals surface area contributed by atoms with E-state index in [2.05, 4.69) is 33.8 Å². The van der Waals surface area contributed by atoms with Crippen LogP contribution in [0, 0.1) is 39.9 Å². The van der Waals surface area contributed by atoms with Gasteiger partial charge in [-0.25, -0.2) is 9.59 Å². The van der Waals surface area contributed by atoms with Crippen molar-refractivity contribution in [3.63, 3.8) is 0 Å². The quantitative estimate of drug-likeness (QED) is 0.364. The molecule has 1 heterocycles. The molecule has 0 aromatic heterocycles. The molecule has 0 aromatic rings. The summed E-state index contributed by atoms with van der Waals surface area (Å²) in [6.45, 7) is 14.8. The third-order valence-electron chi connectivity index (χ3n) is 11.6. The Kier molecular flexibility index (Phi) is 7.29. The van der Waals surface area contributed by atoms with Crippen LogP contribution in [0.25, 0.3) is 0 Å². The summed E-state index contributed by atoms with van der Waals surface area (Å²) in [5.41, 5.74) is 0.624. The molecule has 6 heteroatoms. The van der Waals surface area contributed by atoms with Gasteiger partial charge in [-0.1, -0.05) is 45.4 Å². The van der Waals surface area contributed by atoms with E-state index in [0.717, 1.165) is 38.5 Å². The first-order chi connectivity index (χ1) is 17.1. The van der Waals surface area contributed by atoms with Gasteiger partial charge in [0, 0.05) is 12.0 Å². The maximum absolute atomic E-state index is 12.3. The number of hydrogen-bond donors (Lipinski definition) is 2. The second kappa shape index (κ2) is 9.51. The molecule has 4 rings (SSSR count). The molecule has 0 spiro atoms. The van der Waals surface area contributed by atoms with Crippen molar-refractivity contribution in [2.24, 2.45) is 39.9 Å². The van der Waals surface area contributed by atoms with Gasteiger partial charge in [0.1, 0.15) is 6.10 Å². The predicted molar refractivity (Wildman–Crippen MR) is 142 cm³/mol. The van der Waals surface area contributed by atoms with Gasteiger partial charge in [0.2, 0.25) is 0 Å². The highest BCUT2D eigenvalue weighted by Gasteiger charge is 2.65. The van der Waals surface area contributed by atoms with Gasteiger partial charge in [-0.05, 0) is 99.2 Å². The summed E-state index contributed by atoms with van der Waals surface area (Å²) in [4.78, 5) is 24.6. The zero-order valence-electron chi connectivity index (χ0n) is 24.1. The van der Waals surface area contributed by atoms with Crippen molar-refractivity contribution < 1.29 is 29.3 Å². The van der Waals surface area contributed by atoms with Crippen LogP contribution in [-0.4, -0.2) is 47.1 Å². The molecular formula is C31H48O6. The average Bonchev–Trinajstić information content (AvgIpc) is 3.10. The molecular weight excluding hydrogens is 468 g/mol. The van der Waals surface area contributed by atoms with E-state index < -0.39 is 23.1 Å². The van der Waals surface area contributed by atoms with E-state index in [1.807, 2.05) is 26.8 Å². The van der Waals surface area contributed by atoms with Gasteiger partial charge in [0.25, 0.3) is 0 Å². The van der Waals surface area contributed by atoms with E-state index in [-0.39, 0.29) is 41.2 Å². The van der Waals surface area contributed by atoms with Gasteiger partial charge >= 0.3 is 11.9 Å². The first-order valence-corrected chi connectivity index (χ1v) is 14.2. The third-order valence-corrected chi connectivity index (χ3v) is 11.6. The molecule has 2 N–H and O–H groups in total. The number of ether oxygens (including phenoxy) is 2. The van der Waals surface area contributed by atoms with Crippen LogP contribution in [0.15, 0.2) is 23.3 Å². The molecule has 6 nitrogen and oxygen atoms in total. The fourth-order valence-corrected chi connectivity index (χ4v) is 9.30. The zero-order chi connectivity index (χ0) is 27.6. The topological polar surface area (TPSA) is 93.1 Å². The van der Waals surface area contributed by atoms with Crippen molar-refractivity contribution in [3.05, 3.63) is 23.3 Å². The van der Waals surface area contributed by atoms with E-state index in [0.29, 0.717) is 17.4 Å². The van der Waals surface area contributed by atoms with Gasteiger partial charge in [0.15, 0.2) is 6.10 Å². The van der Waals surface area contributed by atoms with Crippen LogP contribution >= 0.6 is 0 Å². The van der Waals surface area contributed by atoms with Crippen LogP contribution in [0.4, 0.5) is 0 Å². The molecule has 0 unspecified atom stereocenters. The van der Waals surface area contributed by atoms with Crippen molar-refractivity contribution >= 4 is 11.9 Å². The summed E-state index contributed by atoms with van der Waals surface area (Å²) < 4.78 is 10.7. The lowest BCUT2D eigenvalue weighted by Gasteiger charge is -2.61. The molecule has 37 heavy (non-hydrogen) atoms. The molecule has 0 radical (unpaired) electrons. The Morgan fingerprint density at radius 2 is 1.86 bits per heavy atom. The molecule has 208 valence electrons. The number of cyclic esters (lactones) is 1. The molecule has 9 atom stereocenters. The molecule has 0 bridgehead atoms. The summed E-state index contributed by atoms with van der Waals surface area (Å²) in [5.74, 6) is 0.112. The van der Waals surface area contributed by atoms with Crippen molar-refractivity contribution in [1.29, 1.82) is 0 Å². The Labute approximate surface area is 222 Å². The van der Waals surface area contributed by atoms with E-state index in [4.69, 9.17) is 9.47 Å². The Morgan fingerprint density at radius 3 is 2.46 bits per heavy atom.